The lowest BCUT2D eigenvalue weighted by Gasteiger charge is -2.09. The Labute approximate surface area is 123 Å². The fourth-order valence-corrected chi connectivity index (χ4v) is 2.20. The summed E-state index contributed by atoms with van der Waals surface area (Å²) in [7, 11) is 0. The highest BCUT2D eigenvalue weighted by Crippen LogP contribution is 2.20. The van der Waals surface area contributed by atoms with Crippen LogP contribution in [0.3, 0.4) is 0 Å². The summed E-state index contributed by atoms with van der Waals surface area (Å²) in [6.45, 7) is 0.434. The van der Waals surface area contributed by atoms with Crippen molar-refractivity contribution in [3.8, 4) is 0 Å². The number of aromatic nitrogens is 1. The summed E-state index contributed by atoms with van der Waals surface area (Å²) < 4.78 is 14.1. The number of halogens is 3. The summed E-state index contributed by atoms with van der Waals surface area (Å²) in [5, 5.41) is 3.48. The zero-order valence-corrected chi connectivity index (χ0v) is 12.2. The Bertz CT molecular complexity index is 557. The van der Waals surface area contributed by atoms with E-state index in [1.807, 2.05) is 6.07 Å². The Kier molecular flexibility index (Phi) is 4.23. The molecule has 3 nitrogen and oxygen atoms in total. The molecule has 0 unspecified atom stereocenters. The molecule has 2 rings (SSSR count). The number of hydrogen-bond donors (Lipinski definition) is 2. The maximum absolute atomic E-state index is 13.1. The second-order valence-corrected chi connectivity index (χ2v) is 5.40. The van der Waals surface area contributed by atoms with Crippen LogP contribution in [0.1, 0.15) is 5.56 Å². The summed E-state index contributed by atoms with van der Waals surface area (Å²) in [5.74, 6) is 0.0611. The highest BCUT2D eigenvalue weighted by molar-refractivity contribution is 14.1. The molecule has 18 heavy (non-hydrogen) atoms. The molecule has 0 radical (unpaired) electrons. The fraction of sp³-hybridized carbons (Fsp3) is 0.0833. The second kappa shape index (κ2) is 5.71. The molecule has 2 aromatic rings. The first-order chi connectivity index (χ1) is 8.54. The number of nitrogen functional groups attached to an aromatic ring is 1. The molecule has 0 aliphatic rings. The Morgan fingerprint density at radius 2 is 2.11 bits per heavy atom. The Morgan fingerprint density at radius 1 is 1.33 bits per heavy atom. The number of anilines is 2. The van der Waals surface area contributed by atoms with Crippen molar-refractivity contribution in [3.63, 3.8) is 0 Å². The second-order valence-electron chi connectivity index (χ2n) is 3.72. The maximum Gasteiger partial charge on any atom is 0.146 e. The van der Waals surface area contributed by atoms with Crippen molar-refractivity contribution in [2.24, 2.45) is 0 Å². The van der Waals surface area contributed by atoms with Gasteiger partial charge in [0.2, 0.25) is 0 Å². The molecule has 0 aliphatic heterocycles. The van der Waals surface area contributed by atoms with Gasteiger partial charge in [0, 0.05) is 21.3 Å². The van der Waals surface area contributed by atoms with Crippen LogP contribution in [-0.2, 0) is 6.54 Å². The standard InChI is InChI=1S/C12H10ClFIN3/c13-8-1-7(2-9(14)3-8)5-17-11-4-10(15)6-18-12(11)16/h1-4,6,17H,5H2,(H2,16,18). The molecule has 0 fully saturated rings. The van der Waals surface area contributed by atoms with Gasteiger partial charge in [-0.3, -0.25) is 0 Å². The molecule has 6 heteroatoms. The normalized spacial score (nSPS) is 10.4. The first-order valence-corrected chi connectivity index (χ1v) is 6.60. The highest BCUT2D eigenvalue weighted by atomic mass is 127. The third-order valence-corrected chi connectivity index (χ3v) is 3.10. The molecule has 94 valence electrons. The number of benzene rings is 1. The third kappa shape index (κ3) is 3.46. The van der Waals surface area contributed by atoms with Crippen LogP contribution in [0.5, 0.6) is 0 Å². The molecule has 3 N–H and O–H groups in total. The lowest BCUT2D eigenvalue weighted by molar-refractivity contribution is 0.626. The molecule has 0 saturated heterocycles. The smallest absolute Gasteiger partial charge is 0.146 e. The monoisotopic (exact) mass is 377 g/mol. The van der Waals surface area contributed by atoms with Gasteiger partial charge in [0.15, 0.2) is 0 Å². The number of nitrogens with zero attached hydrogens (tertiary/aromatic N) is 1. The minimum absolute atomic E-state index is 0.354. The van der Waals surface area contributed by atoms with Crippen LogP contribution in [0, 0.1) is 9.39 Å². The molecule has 1 heterocycles. The van der Waals surface area contributed by atoms with Crippen LogP contribution < -0.4 is 11.1 Å². The fourth-order valence-electron chi connectivity index (χ4n) is 1.50. The van der Waals surface area contributed by atoms with E-state index in [1.54, 1.807) is 12.3 Å². The molecule has 0 saturated carbocycles. The van der Waals surface area contributed by atoms with Crippen molar-refractivity contribution in [2.75, 3.05) is 11.1 Å². The third-order valence-electron chi connectivity index (χ3n) is 2.29. The van der Waals surface area contributed by atoms with Gasteiger partial charge < -0.3 is 11.1 Å². The zero-order chi connectivity index (χ0) is 13.1. The van der Waals surface area contributed by atoms with Crippen molar-refractivity contribution in [2.45, 2.75) is 6.54 Å². The molecule has 1 aromatic carbocycles. The average Bonchev–Trinajstić information content (AvgIpc) is 2.29. The van der Waals surface area contributed by atoms with Crippen LogP contribution in [0.4, 0.5) is 15.9 Å². The minimum Gasteiger partial charge on any atom is -0.382 e. The van der Waals surface area contributed by atoms with E-state index in [0.29, 0.717) is 17.4 Å². The number of nitrogens with two attached hydrogens (primary N) is 1. The molecule has 0 amide bonds. The van der Waals surface area contributed by atoms with Gasteiger partial charge in [0.05, 0.1) is 5.69 Å². The predicted octanol–water partition coefficient (Wildman–Crippen LogP) is 3.67. The quantitative estimate of drug-likeness (QED) is 0.803. The van der Waals surface area contributed by atoms with Crippen molar-refractivity contribution in [3.05, 3.63) is 50.4 Å². The van der Waals surface area contributed by atoms with Gasteiger partial charge >= 0.3 is 0 Å². The lowest BCUT2D eigenvalue weighted by atomic mass is 10.2. The first-order valence-electron chi connectivity index (χ1n) is 5.14. The van der Waals surface area contributed by atoms with Crippen LogP contribution >= 0.6 is 34.2 Å². The topological polar surface area (TPSA) is 50.9 Å². The molecular weight excluding hydrogens is 368 g/mol. The van der Waals surface area contributed by atoms with Gasteiger partial charge in [-0.2, -0.15) is 0 Å². The summed E-state index contributed by atoms with van der Waals surface area (Å²) in [4.78, 5) is 4.03. The van der Waals surface area contributed by atoms with E-state index in [2.05, 4.69) is 32.9 Å². The molecule has 0 aliphatic carbocycles. The van der Waals surface area contributed by atoms with Crippen LogP contribution in [0.2, 0.25) is 5.02 Å². The van der Waals surface area contributed by atoms with Gasteiger partial charge in [-0.25, -0.2) is 9.37 Å². The van der Waals surface area contributed by atoms with Crippen molar-refractivity contribution in [1.82, 2.24) is 4.98 Å². The van der Waals surface area contributed by atoms with Crippen LogP contribution in [0.25, 0.3) is 0 Å². The Morgan fingerprint density at radius 3 is 2.83 bits per heavy atom. The number of pyridine rings is 1. The summed E-state index contributed by atoms with van der Waals surface area (Å²) in [6.07, 6.45) is 1.68. The molecule has 0 bridgehead atoms. The van der Waals surface area contributed by atoms with E-state index in [-0.39, 0.29) is 5.82 Å². The van der Waals surface area contributed by atoms with E-state index in [1.165, 1.54) is 12.1 Å². The van der Waals surface area contributed by atoms with Crippen LogP contribution in [-0.4, -0.2) is 4.98 Å². The number of hydrogen-bond acceptors (Lipinski definition) is 3. The summed E-state index contributed by atoms with van der Waals surface area (Å²) in [6, 6.07) is 6.28. The summed E-state index contributed by atoms with van der Waals surface area (Å²) in [5.41, 5.74) is 7.21. The van der Waals surface area contributed by atoms with Gasteiger partial charge in [-0.15, -0.1) is 0 Å². The average molecular weight is 378 g/mol. The Hall–Kier alpha value is -1.08. The van der Waals surface area contributed by atoms with E-state index >= 15 is 0 Å². The number of nitrogens with one attached hydrogen (secondary N) is 1. The van der Waals surface area contributed by atoms with E-state index < -0.39 is 0 Å². The van der Waals surface area contributed by atoms with E-state index in [0.717, 1.165) is 14.8 Å². The minimum atomic E-state index is -0.354. The molecule has 1 aromatic heterocycles. The van der Waals surface area contributed by atoms with Gasteiger partial charge in [0.1, 0.15) is 11.6 Å². The largest absolute Gasteiger partial charge is 0.382 e. The van der Waals surface area contributed by atoms with Crippen molar-refractivity contribution >= 4 is 45.7 Å². The predicted molar refractivity (Wildman–Crippen MR) is 80.1 cm³/mol. The highest BCUT2D eigenvalue weighted by Gasteiger charge is 2.03. The lowest BCUT2D eigenvalue weighted by Crippen LogP contribution is -2.04. The van der Waals surface area contributed by atoms with E-state index in [4.69, 9.17) is 17.3 Å². The van der Waals surface area contributed by atoms with Gasteiger partial charge in [-0.1, -0.05) is 11.6 Å². The Balaban J connectivity index is 2.13. The maximum atomic E-state index is 13.1. The summed E-state index contributed by atoms with van der Waals surface area (Å²) >= 11 is 7.93. The van der Waals surface area contributed by atoms with Gasteiger partial charge in [-0.05, 0) is 52.4 Å². The van der Waals surface area contributed by atoms with Crippen molar-refractivity contribution < 1.29 is 4.39 Å². The molecular formula is C12H10ClFIN3. The van der Waals surface area contributed by atoms with Gasteiger partial charge in [0.25, 0.3) is 0 Å². The molecule has 0 atom stereocenters. The van der Waals surface area contributed by atoms with Crippen LogP contribution in [0.15, 0.2) is 30.5 Å². The molecule has 0 spiro atoms. The SMILES string of the molecule is Nc1ncc(I)cc1NCc1cc(F)cc(Cl)c1. The zero-order valence-electron chi connectivity index (χ0n) is 9.25. The number of rotatable bonds is 3. The van der Waals surface area contributed by atoms with E-state index in [9.17, 15) is 4.39 Å². The first kappa shape index (κ1) is 13.4. The van der Waals surface area contributed by atoms with Crippen molar-refractivity contribution in [1.29, 1.82) is 0 Å².